The predicted molar refractivity (Wildman–Crippen MR) is 183 cm³/mol. The van der Waals surface area contributed by atoms with Crippen LogP contribution in [0.4, 0.5) is 0 Å². The Morgan fingerprint density at radius 1 is 0.500 bits per heavy atom. The number of hydrogen-bond donors (Lipinski definition) is 0. The third-order valence-corrected chi connectivity index (χ3v) is 8.54. The fraction of sp³-hybridized carbons (Fsp3) is 0. The molecule has 0 radical (unpaired) electrons. The summed E-state index contributed by atoms with van der Waals surface area (Å²) in [5.74, 6) is 0.554. The zero-order valence-electron chi connectivity index (χ0n) is 24.4. The van der Waals surface area contributed by atoms with Crippen LogP contribution in [0, 0.1) is 11.3 Å². The fourth-order valence-corrected chi connectivity index (χ4v) is 6.35. The Kier molecular flexibility index (Phi) is 5.81. The van der Waals surface area contributed by atoms with Gasteiger partial charge in [-0.05, 0) is 71.3 Å². The van der Waals surface area contributed by atoms with Crippen LogP contribution in [-0.4, -0.2) is 9.97 Å². The molecule has 0 unspecified atom stereocenters. The minimum Gasteiger partial charge on any atom is -0.455 e. The summed E-state index contributed by atoms with van der Waals surface area (Å²) < 4.78 is 13.2. The molecule has 5 heteroatoms. The van der Waals surface area contributed by atoms with Gasteiger partial charge in [0.15, 0.2) is 11.4 Å². The van der Waals surface area contributed by atoms with E-state index in [1.807, 2.05) is 72.8 Å². The van der Waals surface area contributed by atoms with Crippen LogP contribution in [0.2, 0.25) is 0 Å². The van der Waals surface area contributed by atoms with Crippen molar-refractivity contribution in [1.29, 1.82) is 5.26 Å². The molecule has 0 fully saturated rings. The Labute approximate surface area is 263 Å². The lowest BCUT2D eigenvalue weighted by atomic mass is 9.94. The van der Waals surface area contributed by atoms with E-state index in [1.54, 1.807) is 12.1 Å². The number of hydrogen-bond acceptors (Lipinski definition) is 5. The molecule has 0 spiro atoms. The van der Waals surface area contributed by atoms with Crippen molar-refractivity contribution >= 4 is 44.0 Å². The highest BCUT2D eigenvalue weighted by molar-refractivity contribution is 6.18. The summed E-state index contributed by atoms with van der Waals surface area (Å²) in [5.41, 5.74) is 11.0. The van der Waals surface area contributed by atoms with E-state index in [1.165, 1.54) is 0 Å². The van der Waals surface area contributed by atoms with Crippen molar-refractivity contribution in [1.82, 2.24) is 9.97 Å². The smallest absolute Gasteiger partial charge is 0.180 e. The summed E-state index contributed by atoms with van der Waals surface area (Å²) in [6, 6.07) is 48.7. The first-order valence-corrected chi connectivity index (χ1v) is 15.1. The van der Waals surface area contributed by atoms with E-state index in [0.29, 0.717) is 22.7 Å². The molecule has 0 bridgehead atoms. The maximum Gasteiger partial charge on any atom is 0.180 e. The summed E-state index contributed by atoms with van der Waals surface area (Å²) in [4.78, 5) is 10.2. The second-order valence-electron chi connectivity index (χ2n) is 11.3. The number of nitriles is 1. The van der Waals surface area contributed by atoms with Crippen molar-refractivity contribution in [3.63, 3.8) is 0 Å². The van der Waals surface area contributed by atoms with E-state index in [0.717, 1.165) is 71.8 Å². The molecule has 0 aliphatic rings. The van der Waals surface area contributed by atoms with Crippen LogP contribution in [0.25, 0.3) is 88.9 Å². The van der Waals surface area contributed by atoms with Crippen LogP contribution < -0.4 is 0 Å². The van der Waals surface area contributed by atoms with E-state index in [2.05, 4.69) is 60.7 Å². The van der Waals surface area contributed by atoms with Crippen LogP contribution >= 0.6 is 0 Å². The van der Waals surface area contributed by atoms with Gasteiger partial charge in [-0.15, -0.1) is 0 Å². The maximum absolute atomic E-state index is 9.37. The van der Waals surface area contributed by atoms with Gasteiger partial charge in [0.25, 0.3) is 0 Å². The second-order valence-corrected chi connectivity index (χ2v) is 11.3. The fourth-order valence-electron chi connectivity index (χ4n) is 6.35. The highest BCUT2D eigenvalue weighted by atomic mass is 16.3. The van der Waals surface area contributed by atoms with Crippen LogP contribution in [0.1, 0.15) is 5.56 Å². The number of rotatable bonds is 4. The summed E-state index contributed by atoms with van der Waals surface area (Å²) in [6.45, 7) is 0. The lowest BCUT2D eigenvalue weighted by Crippen LogP contribution is -1.94. The monoisotopic (exact) mass is 589 g/mol. The third kappa shape index (κ3) is 4.09. The lowest BCUT2D eigenvalue weighted by Gasteiger charge is -2.09. The van der Waals surface area contributed by atoms with Gasteiger partial charge in [0.2, 0.25) is 0 Å². The predicted octanol–water partition coefficient (Wildman–Crippen LogP) is 10.8. The van der Waals surface area contributed by atoms with E-state index in [4.69, 9.17) is 18.8 Å². The second kappa shape index (κ2) is 10.3. The molecule has 5 nitrogen and oxygen atoms in total. The lowest BCUT2D eigenvalue weighted by molar-refractivity contribution is 0.667. The number of nitrogens with zero attached hydrogens (tertiary/aromatic N) is 3. The molecule has 6 aromatic carbocycles. The van der Waals surface area contributed by atoms with Gasteiger partial charge in [0.05, 0.1) is 11.6 Å². The van der Waals surface area contributed by atoms with Gasteiger partial charge < -0.3 is 8.83 Å². The van der Waals surface area contributed by atoms with Crippen molar-refractivity contribution in [2.45, 2.75) is 0 Å². The SMILES string of the molecule is N#Cc1ccc(-c2nc(-c3cccc4oc5c(-c6ccccc6)cc(-c6ccccc6)cc5c34)c3oc4ccccc4c3n2)cc1. The molecule has 0 aliphatic carbocycles. The third-order valence-electron chi connectivity index (χ3n) is 8.54. The molecule has 214 valence electrons. The molecule has 0 saturated carbocycles. The van der Waals surface area contributed by atoms with Gasteiger partial charge in [-0.1, -0.05) is 84.9 Å². The van der Waals surface area contributed by atoms with Crippen LogP contribution in [0.5, 0.6) is 0 Å². The first-order valence-electron chi connectivity index (χ1n) is 15.1. The number of furan rings is 2. The van der Waals surface area contributed by atoms with E-state index in [-0.39, 0.29) is 0 Å². The molecule has 0 atom stereocenters. The van der Waals surface area contributed by atoms with Crippen molar-refractivity contribution in [2.24, 2.45) is 0 Å². The van der Waals surface area contributed by atoms with Gasteiger partial charge in [-0.2, -0.15) is 5.26 Å². The van der Waals surface area contributed by atoms with Gasteiger partial charge in [0, 0.05) is 32.8 Å². The van der Waals surface area contributed by atoms with Gasteiger partial charge in [-0.25, -0.2) is 9.97 Å². The van der Waals surface area contributed by atoms with E-state index >= 15 is 0 Å². The van der Waals surface area contributed by atoms with Crippen molar-refractivity contribution < 1.29 is 8.83 Å². The molecular weight excluding hydrogens is 566 g/mol. The molecule has 3 aromatic heterocycles. The Morgan fingerprint density at radius 3 is 1.98 bits per heavy atom. The van der Waals surface area contributed by atoms with E-state index in [9.17, 15) is 5.26 Å². The standard InChI is InChI=1S/C41H23N3O2/c42-24-25-18-20-28(21-19-25)41-43-37-30-14-7-8-16-34(30)45-40(37)38(44-41)31-15-9-17-35-36(31)33-23-29(26-10-3-1-4-11-26)22-32(39(33)46-35)27-12-5-2-6-13-27/h1-23H. The van der Waals surface area contributed by atoms with E-state index < -0.39 is 0 Å². The molecule has 0 amide bonds. The number of benzene rings is 6. The average Bonchev–Trinajstić information content (AvgIpc) is 3.70. The minimum atomic E-state index is 0.554. The topological polar surface area (TPSA) is 75.8 Å². The van der Waals surface area contributed by atoms with Crippen LogP contribution in [-0.2, 0) is 0 Å². The highest BCUT2D eigenvalue weighted by Crippen LogP contribution is 2.44. The summed E-state index contributed by atoms with van der Waals surface area (Å²) >= 11 is 0. The highest BCUT2D eigenvalue weighted by Gasteiger charge is 2.23. The van der Waals surface area contributed by atoms with Crippen molar-refractivity contribution in [3.8, 4) is 51.0 Å². The Hall–Kier alpha value is -6.51. The van der Waals surface area contributed by atoms with Crippen LogP contribution in [0.15, 0.2) is 148 Å². The van der Waals surface area contributed by atoms with Gasteiger partial charge in [0.1, 0.15) is 28.0 Å². The average molecular weight is 590 g/mol. The maximum atomic E-state index is 9.37. The zero-order valence-corrected chi connectivity index (χ0v) is 24.4. The molecule has 0 N–H and O–H groups in total. The zero-order chi connectivity index (χ0) is 30.6. The van der Waals surface area contributed by atoms with Crippen LogP contribution in [0.3, 0.4) is 0 Å². The Balaban J connectivity index is 1.39. The number of fused-ring (bicyclic) bond motifs is 6. The van der Waals surface area contributed by atoms with Gasteiger partial charge >= 0.3 is 0 Å². The van der Waals surface area contributed by atoms with Crippen molar-refractivity contribution in [3.05, 3.63) is 145 Å². The summed E-state index contributed by atoms with van der Waals surface area (Å²) in [5, 5.41) is 12.2. The summed E-state index contributed by atoms with van der Waals surface area (Å²) in [6.07, 6.45) is 0. The Morgan fingerprint density at radius 2 is 1.20 bits per heavy atom. The molecule has 46 heavy (non-hydrogen) atoms. The molecular formula is C41H23N3O2. The molecule has 9 aromatic rings. The van der Waals surface area contributed by atoms with Crippen molar-refractivity contribution in [2.75, 3.05) is 0 Å². The number of para-hydroxylation sites is 1. The molecule has 0 aliphatic heterocycles. The first-order chi connectivity index (χ1) is 22.7. The van der Waals surface area contributed by atoms with Gasteiger partial charge in [-0.3, -0.25) is 0 Å². The first kappa shape index (κ1) is 25.9. The normalized spacial score (nSPS) is 11.5. The number of aromatic nitrogens is 2. The molecule has 3 heterocycles. The quantitative estimate of drug-likeness (QED) is 0.204. The molecule has 0 saturated heterocycles. The summed E-state index contributed by atoms with van der Waals surface area (Å²) in [7, 11) is 0. The largest absolute Gasteiger partial charge is 0.455 e. The minimum absolute atomic E-state index is 0.554. The molecule has 9 rings (SSSR count). The Bertz CT molecular complexity index is 2630.